The van der Waals surface area contributed by atoms with E-state index in [9.17, 15) is 9.00 Å². The Morgan fingerprint density at radius 3 is 2.71 bits per heavy atom. The number of rotatable bonds is 5. The van der Waals surface area contributed by atoms with E-state index in [0.29, 0.717) is 18.1 Å². The molecule has 1 heterocycles. The van der Waals surface area contributed by atoms with Gasteiger partial charge in [0.05, 0.1) is 0 Å². The summed E-state index contributed by atoms with van der Waals surface area (Å²) in [5.74, 6) is 1.11. The van der Waals surface area contributed by atoms with E-state index in [1.807, 2.05) is 6.92 Å². The summed E-state index contributed by atoms with van der Waals surface area (Å²) < 4.78 is 10.9. The van der Waals surface area contributed by atoms with Crippen molar-refractivity contribution in [1.82, 2.24) is 10.6 Å². The molecule has 2 atom stereocenters. The summed E-state index contributed by atoms with van der Waals surface area (Å²) in [5, 5.41) is 5.97. The Morgan fingerprint density at radius 1 is 1.64 bits per heavy atom. The third-order valence-corrected chi connectivity index (χ3v) is 3.20. The van der Waals surface area contributed by atoms with E-state index in [2.05, 4.69) is 10.6 Å². The molecule has 0 saturated carbocycles. The van der Waals surface area contributed by atoms with Gasteiger partial charge >= 0.3 is 0 Å². The predicted molar refractivity (Wildman–Crippen MR) is 57.5 cm³/mol. The molecule has 0 aliphatic carbocycles. The minimum atomic E-state index is -0.840. The van der Waals surface area contributed by atoms with Crippen molar-refractivity contribution >= 4 is 16.7 Å². The lowest BCUT2D eigenvalue weighted by atomic mass is 9.99. The number of carbonyl (C=O) groups is 1. The van der Waals surface area contributed by atoms with Gasteiger partial charge in [0.25, 0.3) is 0 Å². The van der Waals surface area contributed by atoms with Gasteiger partial charge in [-0.1, -0.05) is 0 Å². The van der Waals surface area contributed by atoms with Crippen molar-refractivity contribution in [3.63, 3.8) is 0 Å². The highest BCUT2D eigenvalue weighted by Gasteiger charge is 2.20. The maximum absolute atomic E-state index is 11.4. The molecule has 0 radical (unpaired) electrons. The zero-order valence-electron chi connectivity index (χ0n) is 8.71. The summed E-state index contributed by atoms with van der Waals surface area (Å²) in [6, 6.07) is 0.0152. The molecule has 1 aliphatic rings. The van der Waals surface area contributed by atoms with Crippen LogP contribution in [0.4, 0.5) is 0 Å². The van der Waals surface area contributed by atoms with Gasteiger partial charge in [0, 0.05) is 35.3 Å². The lowest BCUT2D eigenvalue weighted by Gasteiger charge is -2.26. The molecule has 1 amide bonds. The van der Waals surface area contributed by atoms with Gasteiger partial charge in [-0.2, -0.15) is 0 Å². The van der Waals surface area contributed by atoms with Crippen molar-refractivity contribution in [3.05, 3.63) is 0 Å². The first-order valence-electron chi connectivity index (χ1n) is 4.88. The van der Waals surface area contributed by atoms with Crippen LogP contribution < -0.4 is 10.6 Å². The topological polar surface area (TPSA) is 58.2 Å². The number of nitrogens with one attached hydrogen (secondary N) is 2. The molecule has 1 saturated heterocycles. The van der Waals surface area contributed by atoms with Gasteiger partial charge in [-0.25, -0.2) is 0 Å². The van der Waals surface area contributed by atoms with Crippen LogP contribution in [0.1, 0.15) is 13.3 Å². The first-order chi connectivity index (χ1) is 6.58. The van der Waals surface area contributed by atoms with E-state index in [1.165, 1.54) is 0 Å². The van der Waals surface area contributed by atoms with E-state index in [0.717, 1.165) is 13.1 Å². The van der Waals surface area contributed by atoms with Crippen LogP contribution >= 0.6 is 0 Å². The van der Waals surface area contributed by atoms with Gasteiger partial charge in [0.2, 0.25) is 5.91 Å². The third-order valence-electron chi connectivity index (χ3n) is 2.23. The van der Waals surface area contributed by atoms with Gasteiger partial charge in [-0.3, -0.25) is 9.00 Å². The van der Waals surface area contributed by atoms with Crippen LogP contribution in [0.15, 0.2) is 0 Å². The standard InChI is InChI=1S/C9H18N2O2S/c1-7(6-14(2)13)11-9(12)3-8-4-10-5-8/h7-8,10H,3-6H2,1-2H3,(H,11,12). The van der Waals surface area contributed by atoms with Crippen molar-refractivity contribution in [2.24, 2.45) is 5.92 Å². The molecule has 1 rings (SSSR count). The van der Waals surface area contributed by atoms with Crippen LogP contribution in [0.3, 0.4) is 0 Å². The number of amides is 1. The second kappa shape index (κ2) is 5.46. The molecule has 2 N–H and O–H groups in total. The Labute approximate surface area is 87.3 Å². The zero-order chi connectivity index (χ0) is 10.6. The molecule has 14 heavy (non-hydrogen) atoms. The Morgan fingerprint density at radius 2 is 2.29 bits per heavy atom. The summed E-state index contributed by atoms with van der Waals surface area (Å²) in [4.78, 5) is 11.4. The molecule has 0 spiro atoms. The first kappa shape index (κ1) is 11.7. The summed E-state index contributed by atoms with van der Waals surface area (Å²) >= 11 is 0. The second-order valence-electron chi connectivity index (χ2n) is 3.94. The van der Waals surface area contributed by atoms with Gasteiger partial charge in [-0.05, 0) is 25.9 Å². The quantitative estimate of drug-likeness (QED) is 0.653. The highest BCUT2D eigenvalue weighted by Crippen LogP contribution is 2.07. The van der Waals surface area contributed by atoms with Crippen molar-refractivity contribution in [2.45, 2.75) is 19.4 Å². The van der Waals surface area contributed by atoms with Gasteiger partial charge in [0.1, 0.15) is 0 Å². The average Bonchev–Trinajstić information content (AvgIpc) is 1.94. The molecule has 4 nitrogen and oxygen atoms in total. The number of carbonyl (C=O) groups excluding carboxylic acids is 1. The van der Waals surface area contributed by atoms with Crippen molar-refractivity contribution < 1.29 is 9.00 Å². The minimum absolute atomic E-state index is 0.0152. The molecule has 1 fully saturated rings. The molecule has 0 bridgehead atoms. The third kappa shape index (κ3) is 4.19. The molecule has 0 aromatic rings. The molecule has 1 aliphatic heterocycles. The van der Waals surface area contributed by atoms with Gasteiger partial charge in [-0.15, -0.1) is 0 Å². The molecule has 82 valence electrons. The second-order valence-corrected chi connectivity index (χ2v) is 5.42. The summed E-state index contributed by atoms with van der Waals surface area (Å²) in [6.45, 7) is 3.78. The van der Waals surface area contributed by atoms with Crippen LogP contribution in [0, 0.1) is 5.92 Å². The fourth-order valence-corrected chi connectivity index (χ4v) is 2.27. The molecule has 0 aromatic heterocycles. The van der Waals surface area contributed by atoms with E-state index in [-0.39, 0.29) is 11.9 Å². The molecule has 2 unspecified atom stereocenters. The van der Waals surface area contributed by atoms with E-state index < -0.39 is 10.8 Å². The molecular formula is C9H18N2O2S. The molecule has 5 heteroatoms. The zero-order valence-corrected chi connectivity index (χ0v) is 9.52. The summed E-state index contributed by atoms with van der Waals surface area (Å²) in [6.07, 6.45) is 2.24. The Kier molecular flexibility index (Phi) is 4.54. The van der Waals surface area contributed by atoms with E-state index in [4.69, 9.17) is 0 Å². The highest BCUT2D eigenvalue weighted by molar-refractivity contribution is 7.84. The van der Waals surface area contributed by atoms with Gasteiger partial charge < -0.3 is 10.6 Å². The van der Waals surface area contributed by atoms with Gasteiger partial charge in [0.15, 0.2) is 0 Å². The SMILES string of the molecule is CC(CS(C)=O)NC(=O)CC1CNC1. The van der Waals surface area contributed by atoms with E-state index >= 15 is 0 Å². The lowest BCUT2D eigenvalue weighted by molar-refractivity contribution is -0.122. The van der Waals surface area contributed by atoms with Crippen LogP contribution in [-0.4, -0.2) is 41.3 Å². The van der Waals surface area contributed by atoms with Crippen LogP contribution in [0.5, 0.6) is 0 Å². The summed E-state index contributed by atoms with van der Waals surface area (Å²) in [5.41, 5.74) is 0. The Hall–Kier alpha value is -0.420. The predicted octanol–water partition coefficient (Wildman–Crippen LogP) is -0.521. The van der Waals surface area contributed by atoms with Crippen LogP contribution in [0.2, 0.25) is 0 Å². The smallest absolute Gasteiger partial charge is 0.220 e. The van der Waals surface area contributed by atoms with E-state index in [1.54, 1.807) is 6.26 Å². The maximum atomic E-state index is 11.4. The number of hydrogen-bond acceptors (Lipinski definition) is 3. The highest BCUT2D eigenvalue weighted by atomic mass is 32.2. The Balaban J connectivity index is 2.14. The lowest BCUT2D eigenvalue weighted by Crippen LogP contribution is -2.46. The first-order valence-corrected chi connectivity index (χ1v) is 6.60. The Bertz CT molecular complexity index is 229. The molecular weight excluding hydrogens is 200 g/mol. The van der Waals surface area contributed by atoms with Crippen LogP contribution in [-0.2, 0) is 15.6 Å². The van der Waals surface area contributed by atoms with Crippen molar-refractivity contribution in [1.29, 1.82) is 0 Å². The largest absolute Gasteiger partial charge is 0.353 e. The fourth-order valence-electron chi connectivity index (χ4n) is 1.48. The number of hydrogen-bond donors (Lipinski definition) is 2. The van der Waals surface area contributed by atoms with Crippen molar-refractivity contribution in [2.75, 3.05) is 25.1 Å². The van der Waals surface area contributed by atoms with Crippen molar-refractivity contribution in [3.8, 4) is 0 Å². The fraction of sp³-hybridized carbons (Fsp3) is 0.889. The van der Waals surface area contributed by atoms with Crippen LogP contribution in [0.25, 0.3) is 0 Å². The monoisotopic (exact) mass is 218 g/mol. The maximum Gasteiger partial charge on any atom is 0.220 e. The average molecular weight is 218 g/mol. The molecule has 0 aromatic carbocycles. The summed E-state index contributed by atoms with van der Waals surface area (Å²) in [7, 11) is -0.840. The normalized spacial score (nSPS) is 21.0. The minimum Gasteiger partial charge on any atom is -0.353 e.